The number of halogens is 1. The van der Waals surface area contributed by atoms with Crippen molar-refractivity contribution in [1.82, 2.24) is 0 Å². The van der Waals surface area contributed by atoms with Gasteiger partial charge in [0.1, 0.15) is 5.75 Å². The molecule has 2 atom stereocenters. The molecule has 0 radical (unpaired) electrons. The highest BCUT2D eigenvalue weighted by Crippen LogP contribution is 2.33. The smallest absolute Gasteiger partial charge is 0.227 e. The molecule has 0 saturated heterocycles. The maximum absolute atomic E-state index is 12.3. The lowest BCUT2D eigenvalue weighted by molar-refractivity contribution is -0.120. The van der Waals surface area contributed by atoms with Gasteiger partial charge in [-0.25, -0.2) is 0 Å². The van der Waals surface area contributed by atoms with Gasteiger partial charge in [0.05, 0.1) is 11.6 Å². The second-order valence-electron chi connectivity index (χ2n) is 5.10. The Kier molecular flexibility index (Phi) is 5.26. The van der Waals surface area contributed by atoms with Gasteiger partial charge in [0.15, 0.2) is 0 Å². The normalized spacial score (nSPS) is 21.8. The first-order valence-corrected chi connectivity index (χ1v) is 7.46. The fraction of sp³-hybridized carbons (Fsp3) is 0.533. The Morgan fingerprint density at radius 1 is 1.50 bits per heavy atom. The second-order valence-corrected chi connectivity index (χ2v) is 5.51. The summed E-state index contributed by atoms with van der Waals surface area (Å²) in [6.45, 7) is 3.03. The molecule has 0 aromatic heterocycles. The third-order valence-corrected chi connectivity index (χ3v) is 4.09. The third kappa shape index (κ3) is 3.44. The van der Waals surface area contributed by atoms with Gasteiger partial charge in [-0.1, -0.05) is 18.0 Å². The molecule has 0 aliphatic heterocycles. The van der Waals surface area contributed by atoms with Gasteiger partial charge in [-0.15, -0.1) is 0 Å². The van der Waals surface area contributed by atoms with Gasteiger partial charge in [-0.2, -0.15) is 0 Å². The second kappa shape index (κ2) is 6.95. The number of ether oxygens (including phenoxy) is 1. The molecule has 20 heavy (non-hydrogen) atoms. The zero-order valence-corrected chi connectivity index (χ0v) is 12.5. The summed E-state index contributed by atoms with van der Waals surface area (Å²) in [6, 6.07) is 5.30. The average Bonchev–Trinajstić information content (AvgIpc) is 2.90. The standard InChI is InChI=1S/C15H21ClN2O2/c1-2-20-14-7-6-11(8-13(14)16)18-15(19)12-5-3-4-10(12)9-17/h6-8,10,12H,2-5,9,17H2,1H3,(H,18,19)/t10-,12-/m1/s1. The van der Waals surface area contributed by atoms with Crippen LogP contribution in [-0.2, 0) is 4.79 Å². The third-order valence-electron chi connectivity index (χ3n) is 3.80. The van der Waals surface area contributed by atoms with Crippen LogP contribution in [0.25, 0.3) is 0 Å². The van der Waals surface area contributed by atoms with Crippen molar-refractivity contribution < 1.29 is 9.53 Å². The van der Waals surface area contributed by atoms with Gasteiger partial charge >= 0.3 is 0 Å². The summed E-state index contributed by atoms with van der Waals surface area (Å²) in [6.07, 6.45) is 3.03. The van der Waals surface area contributed by atoms with E-state index in [4.69, 9.17) is 22.1 Å². The van der Waals surface area contributed by atoms with Crippen LogP contribution in [0.3, 0.4) is 0 Å². The number of hydrogen-bond donors (Lipinski definition) is 2. The molecule has 4 nitrogen and oxygen atoms in total. The number of nitrogens with two attached hydrogens (primary N) is 1. The fourth-order valence-electron chi connectivity index (χ4n) is 2.75. The lowest BCUT2D eigenvalue weighted by atomic mass is 9.95. The summed E-state index contributed by atoms with van der Waals surface area (Å²) < 4.78 is 5.37. The molecule has 0 bridgehead atoms. The Morgan fingerprint density at radius 2 is 2.30 bits per heavy atom. The molecule has 0 unspecified atom stereocenters. The molecule has 1 saturated carbocycles. The van der Waals surface area contributed by atoms with Crippen LogP contribution in [0.5, 0.6) is 5.75 Å². The number of rotatable bonds is 5. The maximum Gasteiger partial charge on any atom is 0.227 e. The molecule has 2 rings (SSSR count). The van der Waals surface area contributed by atoms with Crippen molar-refractivity contribution in [3.05, 3.63) is 23.2 Å². The van der Waals surface area contributed by atoms with Crippen LogP contribution < -0.4 is 15.8 Å². The number of anilines is 1. The van der Waals surface area contributed by atoms with Crippen molar-refractivity contribution in [1.29, 1.82) is 0 Å². The molecule has 0 heterocycles. The molecular formula is C15H21ClN2O2. The van der Waals surface area contributed by atoms with Crippen molar-refractivity contribution in [3.63, 3.8) is 0 Å². The van der Waals surface area contributed by atoms with Gasteiger partial charge in [0.25, 0.3) is 0 Å². The SMILES string of the molecule is CCOc1ccc(NC(=O)[C@@H]2CCC[C@@H]2CN)cc1Cl. The minimum Gasteiger partial charge on any atom is -0.492 e. The minimum absolute atomic E-state index is 0.0188. The van der Waals surface area contributed by atoms with E-state index in [-0.39, 0.29) is 11.8 Å². The van der Waals surface area contributed by atoms with Gasteiger partial charge in [-0.3, -0.25) is 4.79 Å². The van der Waals surface area contributed by atoms with Crippen molar-refractivity contribution in [3.8, 4) is 5.75 Å². The summed E-state index contributed by atoms with van der Waals surface area (Å²) in [5, 5.41) is 3.43. The van der Waals surface area contributed by atoms with Crippen LogP contribution in [0.4, 0.5) is 5.69 Å². The van der Waals surface area contributed by atoms with E-state index in [1.54, 1.807) is 18.2 Å². The summed E-state index contributed by atoms with van der Waals surface area (Å²) in [5.41, 5.74) is 6.42. The van der Waals surface area contributed by atoms with E-state index in [1.807, 2.05) is 6.92 Å². The Bertz CT molecular complexity index is 479. The van der Waals surface area contributed by atoms with E-state index >= 15 is 0 Å². The van der Waals surface area contributed by atoms with Crippen LogP contribution in [0, 0.1) is 11.8 Å². The van der Waals surface area contributed by atoms with Gasteiger partial charge in [-0.05, 0) is 50.4 Å². The van der Waals surface area contributed by atoms with Crippen molar-refractivity contribution >= 4 is 23.2 Å². The first-order chi connectivity index (χ1) is 9.65. The molecule has 3 N–H and O–H groups in total. The Hall–Kier alpha value is -1.26. The zero-order valence-electron chi connectivity index (χ0n) is 11.7. The molecule has 1 aromatic carbocycles. The number of nitrogens with one attached hydrogen (secondary N) is 1. The molecule has 1 aromatic rings. The number of carbonyl (C=O) groups is 1. The van der Waals surface area contributed by atoms with Gasteiger partial charge in [0, 0.05) is 11.6 Å². The van der Waals surface area contributed by atoms with Crippen LogP contribution in [0.15, 0.2) is 18.2 Å². The summed E-state index contributed by atoms with van der Waals surface area (Å²) in [5.74, 6) is 0.990. The number of amides is 1. The molecule has 5 heteroatoms. The van der Waals surface area contributed by atoms with E-state index in [2.05, 4.69) is 5.32 Å². The van der Waals surface area contributed by atoms with Crippen molar-refractivity contribution in [2.75, 3.05) is 18.5 Å². The van der Waals surface area contributed by atoms with Crippen LogP contribution >= 0.6 is 11.6 Å². The molecular weight excluding hydrogens is 276 g/mol. The first kappa shape index (κ1) is 15.1. The van der Waals surface area contributed by atoms with Crippen LogP contribution in [0.2, 0.25) is 5.02 Å². The van der Waals surface area contributed by atoms with Crippen molar-refractivity contribution in [2.24, 2.45) is 17.6 Å². The molecule has 110 valence electrons. The highest BCUT2D eigenvalue weighted by atomic mass is 35.5. The van der Waals surface area contributed by atoms with Crippen LogP contribution in [-0.4, -0.2) is 19.1 Å². The quantitative estimate of drug-likeness (QED) is 0.878. The predicted octanol–water partition coefficient (Wildman–Crippen LogP) is 3.05. The number of carbonyl (C=O) groups excluding carboxylic acids is 1. The van der Waals surface area contributed by atoms with E-state index in [0.717, 1.165) is 19.3 Å². The fourth-order valence-corrected chi connectivity index (χ4v) is 2.99. The summed E-state index contributed by atoms with van der Waals surface area (Å²) in [7, 11) is 0. The maximum atomic E-state index is 12.3. The Balaban J connectivity index is 2.02. The largest absolute Gasteiger partial charge is 0.492 e. The van der Waals surface area contributed by atoms with E-state index in [1.165, 1.54) is 0 Å². The highest BCUT2D eigenvalue weighted by Gasteiger charge is 2.31. The Labute approximate surface area is 124 Å². The molecule has 1 aliphatic rings. The number of hydrogen-bond acceptors (Lipinski definition) is 3. The predicted molar refractivity (Wildman–Crippen MR) is 81.1 cm³/mol. The lowest BCUT2D eigenvalue weighted by Crippen LogP contribution is -2.29. The average molecular weight is 297 g/mol. The monoisotopic (exact) mass is 296 g/mol. The number of benzene rings is 1. The summed E-state index contributed by atoms with van der Waals surface area (Å²) in [4.78, 5) is 12.3. The molecule has 0 spiro atoms. The minimum atomic E-state index is 0.0188. The van der Waals surface area contributed by atoms with Crippen molar-refractivity contribution in [2.45, 2.75) is 26.2 Å². The molecule has 1 fully saturated rings. The Morgan fingerprint density at radius 3 is 2.95 bits per heavy atom. The topological polar surface area (TPSA) is 64.3 Å². The first-order valence-electron chi connectivity index (χ1n) is 7.09. The van der Waals surface area contributed by atoms with Gasteiger partial charge in [0.2, 0.25) is 5.91 Å². The van der Waals surface area contributed by atoms with E-state index < -0.39 is 0 Å². The van der Waals surface area contributed by atoms with Crippen LogP contribution in [0.1, 0.15) is 26.2 Å². The van der Waals surface area contributed by atoms with E-state index in [0.29, 0.717) is 35.5 Å². The lowest BCUT2D eigenvalue weighted by Gasteiger charge is -2.17. The van der Waals surface area contributed by atoms with Gasteiger partial charge < -0.3 is 15.8 Å². The van der Waals surface area contributed by atoms with E-state index in [9.17, 15) is 4.79 Å². The highest BCUT2D eigenvalue weighted by molar-refractivity contribution is 6.32. The zero-order chi connectivity index (χ0) is 14.5. The molecule has 1 amide bonds. The molecule has 1 aliphatic carbocycles. The summed E-state index contributed by atoms with van der Waals surface area (Å²) >= 11 is 6.11.